The standard InChI is InChI=1S/C26H28N4O3/c1-4-17(2)21-8-5-6-9-23(21)30-16-19(15-24(30)31)25(32)29-22-11-10-20(14-18(22)3)33-26-27-12-7-13-28-26/h5-14,17,19H,4,15-16H2,1-3H3,(H,29,32). The lowest BCUT2D eigenvalue weighted by molar-refractivity contribution is -0.122. The van der Waals surface area contributed by atoms with E-state index in [0.717, 1.165) is 23.2 Å². The number of nitrogens with one attached hydrogen (secondary N) is 1. The summed E-state index contributed by atoms with van der Waals surface area (Å²) in [5, 5.41) is 2.98. The normalized spacial score (nSPS) is 16.5. The summed E-state index contributed by atoms with van der Waals surface area (Å²) in [5.74, 6) is 0.340. The predicted octanol–water partition coefficient (Wildman–Crippen LogP) is 5.08. The molecular weight excluding hydrogens is 416 g/mol. The van der Waals surface area contributed by atoms with E-state index in [2.05, 4.69) is 35.2 Å². The highest BCUT2D eigenvalue weighted by Gasteiger charge is 2.36. The van der Waals surface area contributed by atoms with Crippen LogP contribution in [0.1, 0.15) is 43.7 Å². The summed E-state index contributed by atoms with van der Waals surface area (Å²) >= 11 is 0. The number of amides is 2. The fraction of sp³-hybridized carbons (Fsp3) is 0.308. The van der Waals surface area contributed by atoms with Crippen molar-refractivity contribution in [3.05, 3.63) is 72.1 Å². The van der Waals surface area contributed by atoms with Gasteiger partial charge in [-0.05, 0) is 60.7 Å². The van der Waals surface area contributed by atoms with E-state index in [1.807, 2.05) is 31.2 Å². The second kappa shape index (κ2) is 9.81. The summed E-state index contributed by atoms with van der Waals surface area (Å²) in [4.78, 5) is 35.7. The monoisotopic (exact) mass is 444 g/mol. The number of hydrogen-bond acceptors (Lipinski definition) is 5. The summed E-state index contributed by atoms with van der Waals surface area (Å²) in [6.07, 6.45) is 4.40. The van der Waals surface area contributed by atoms with Crippen LogP contribution in [0.2, 0.25) is 0 Å². The first-order valence-electron chi connectivity index (χ1n) is 11.2. The number of carbonyl (C=O) groups is 2. The van der Waals surface area contributed by atoms with Crippen LogP contribution in [0.4, 0.5) is 11.4 Å². The van der Waals surface area contributed by atoms with Crippen molar-refractivity contribution in [3.8, 4) is 11.8 Å². The molecule has 170 valence electrons. The van der Waals surface area contributed by atoms with Crippen LogP contribution in [0.15, 0.2) is 60.9 Å². The van der Waals surface area contributed by atoms with E-state index >= 15 is 0 Å². The molecule has 7 heteroatoms. The highest BCUT2D eigenvalue weighted by Crippen LogP contribution is 2.34. The molecule has 0 spiro atoms. The number of aromatic nitrogens is 2. The molecule has 1 N–H and O–H groups in total. The van der Waals surface area contributed by atoms with Gasteiger partial charge in [0, 0.05) is 36.7 Å². The Balaban J connectivity index is 1.44. The summed E-state index contributed by atoms with van der Waals surface area (Å²) in [7, 11) is 0. The number of hydrogen-bond donors (Lipinski definition) is 1. The van der Waals surface area contributed by atoms with Crippen LogP contribution in [-0.4, -0.2) is 28.3 Å². The fourth-order valence-corrected chi connectivity index (χ4v) is 4.00. The highest BCUT2D eigenvalue weighted by molar-refractivity contribution is 6.04. The Morgan fingerprint density at radius 3 is 2.67 bits per heavy atom. The minimum absolute atomic E-state index is 0.0192. The number of benzene rings is 2. The van der Waals surface area contributed by atoms with Gasteiger partial charge in [-0.25, -0.2) is 9.97 Å². The number of rotatable bonds is 7. The van der Waals surface area contributed by atoms with Crippen molar-refractivity contribution in [2.45, 2.75) is 39.5 Å². The number of anilines is 2. The van der Waals surface area contributed by atoms with Crippen molar-refractivity contribution in [1.29, 1.82) is 0 Å². The zero-order valence-corrected chi connectivity index (χ0v) is 19.1. The molecule has 1 aliphatic heterocycles. The van der Waals surface area contributed by atoms with Gasteiger partial charge >= 0.3 is 6.01 Å². The zero-order chi connectivity index (χ0) is 23.4. The zero-order valence-electron chi connectivity index (χ0n) is 19.1. The summed E-state index contributed by atoms with van der Waals surface area (Å²) in [6.45, 7) is 6.56. The van der Waals surface area contributed by atoms with E-state index in [9.17, 15) is 9.59 Å². The Labute approximate surface area is 193 Å². The van der Waals surface area contributed by atoms with Gasteiger partial charge in [0.05, 0.1) is 5.92 Å². The van der Waals surface area contributed by atoms with Crippen molar-refractivity contribution in [1.82, 2.24) is 9.97 Å². The molecule has 3 aromatic rings. The molecule has 1 saturated heterocycles. The molecule has 0 bridgehead atoms. The van der Waals surface area contributed by atoms with Crippen LogP contribution >= 0.6 is 0 Å². The molecule has 0 aliphatic carbocycles. The second-order valence-electron chi connectivity index (χ2n) is 8.37. The molecule has 2 aromatic carbocycles. The lowest BCUT2D eigenvalue weighted by Gasteiger charge is -2.23. The Morgan fingerprint density at radius 1 is 1.18 bits per heavy atom. The largest absolute Gasteiger partial charge is 0.424 e. The lowest BCUT2D eigenvalue weighted by atomic mass is 9.96. The Bertz CT molecular complexity index is 1150. The summed E-state index contributed by atoms with van der Waals surface area (Å²) < 4.78 is 5.65. The molecule has 4 rings (SSSR count). The van der Waals surface area contributed by atoms with Gasteiger partial charge in [-0.3, -0.25) is 9.59 Å². The highest BCUT2D eigenvalue weighted by atomic mass is 16.5. The van der Waals surface area contributed by atoms with Crippen LogP contribution in [0.25, 0.3) is 0 Å². The number of carbonyl (C=O) groups excluding carboxylic acids is 2. The van der Waals surface area contributed by atoms with Crippen LogP contribution in [-0.2, 0) is 9.59 Å². The smallest absolute Gasteiger partial charge is 0.321 e. The number of nitrogens with zero attached hydrogens (tertiary/aromatic N) is 3. The van der Waals surface area contributed by atoms with Gasteiger partial charge in [0.1, 0.15) is 5.75 Å². The molecule has 2 amide bonds. The van der Waals surface area contributed by atoms with Crippen molar-refractivity contribution in [2.75, 3.05) is 16.8 Å². The third-order valence-electron chi connectivity index (χ3n) is 6.07. The topological polar surface area (TPSA) is 84.4 Å². The minimum atomic E-state index is -0.407. The van der Waals surface area contributed by atoms with Crippen LogP contribution in [0, 0.1) is 12.8 Å². The molecule has 2 unspecified atom stereocenters. The van der Waals surface area contributed by atoms with Gasteiger partial charge in [-0.15, -0.1) is 0 Å². The van der Waals surface area contributed by atoms with Crippen LogP contribution < -0.4 is 15.0 Å². The predicted molar refractivity (Wildman–Crippen MR) is 128 cm³/mol. The first-order chi connectivity index (χ1) is 16.0. The van der Waals surface area contributed by atoms with Crippen molar-refractivity contribution < 1.29 is 14.3 Å². The van der Waals surface area contributed by atoms with Crippen molar-refractivity contribution >= 4 is 23.2 Å². The van der Waals surface area contributed by atoms with Gasteiger partial charge in [0.25, 0.3) is 0 Å². The molecule has 7 nitrogen and oxygen atoms in total. The second-order valence-corrected chi connectivity index (χ2v) is 8.37. The maximum Gasteiger partial charge on any atom is 0.321 e. The van der Waals surface area contributed by atoms with E-state index < -0.39 is 5.92 Å². The molecular formula is C26H28N4O3. The third kappa shape index (κ3) is 5.03. The fourth-order valence-electron chi connectivity index (χ4n) is 4.00. The summed E-state index contributed by atoms with van der Waals surface area (Å²) in [6, 6.07) is 15.3. The third-order valence-corrected chi connectivity index (χ3v) is 6.07. The van der Waals surface area contributed by atoms with E-state index in [4.69, 9.17) is 4.74 Å². The maximum absolute atomic E-state index is 13.0. The first kappa shape index (κ1) is 22.5. The quantitative estimate of drug-likeness (QED) is 0.549. The Kier molecular flexibility index (Phi) is 6.68. The molecule has 0 saturated carbocycles. The van der Waals surface area contributed by atoms with E-state index in [1.54, 1.807) is 35.5 Å². The Morgan fingerprint density at radius 2 is 1.94 bits per heavy atom. The van der Waals surface area contributed by atoms with Crippen LogP contribution in [0.5, 0.6) is 11.8 Å². The number of aryl methyl sites for hydroxylation is 1. The molecule has 2 heterocycles. The molecule has 1 aromatic heterocycles. The van der Waals surface area contributed by atoms with E-state index in [0.29, 0.717) is 23.9 Å². The van der Waals surface area contributed by atoms with Gasteiger partial charge in [-0.1, -0.05) is 32.0 Å². The number of ether oxygens (including phenoxy) is 1. The van der Waals surface area contributed by atoms with Gasteiger partial charge < -0.3 is 15.0 Å². The van der Waals surface area contributed by atoms with Gasteiger partial charge in [0.2, 0.25) is 11.8 Å². The lowest BCUT2D eigenvalue weighted by Crippen LogP contribution is -2.29. The SMILES string of the molecule is CCC(C)c1ccccc1N1CC(C(=O)Nc2ccc(Oc3ncccn3)cc2C)CC1=O. The first-order valence-corrected chi connectivity index (χ1v) is 11.2. The van der Waals surface area contributed by atoms with E-state index in [-0.39, 0.29) is 24.2 Å². The maximum atomic E-state index is 13.0. The molecule has 1 aliphatic rings. The van der Waals surface area contributed by atoms with Crippen molar-refractivity contribution in [2.24, 2.45) is 5.92 Å². The van der Waals surface area contributed by atoms with Crippen LogP contribution in [0.3, 0.4) is 0 Å². The Hall–Kier alpha value is -3.74. The minimum Gasteiger partial charge on any atom is -0.424 e. The average molecular weight is 445 g/mol. The molecule has 2 atom stereocenters. The summed E-state index contributed by atoms with van der Waals surface area (Å²) in [5.41, 5.74) is 3.59. The molecule has 1 fully saturated rings. The molecule has 0 radical (unpaired) electrons. The number of para-hydroxylation sites is 1. The van der Waals surface area contributed by atoms with Crippen molar-refractivity contribution in [3.63, 3.8) is 0 Å². The van der Waals surface area contributed by atoms with Gasteiger partial charge in [-0.2, -0.15) is 0 Å². The van der Waals surface area contributed by atoms with Gasteiger partial charge in [0.15, 0.2) is 0 Å². The van der Waals surface area contributed by atoms with E-state index in [1.165, 1.54) is 0 Å². The molecule has 33 heavy (non-hydrogen) atoms. The average Bonchev–Trinajstić information content (AvgIpc) is 3.22.